The van der Waals surface area contributed by atoms with E-state index in [-0.39, 0.29) is 18.9 Å². The molecule has 0 unspecified atom stereocenters. The predicted octanol–water partition coefficient (Wildman–Crippen LogP) is 1.68. The molecule has 3 aromatic rings. The lowest BCUT2D eigenvalue weighted by Gasteiger charge is -2.10. The second-order valence-electron chi connectivity index (χ2n) is 5.65. The summed E-state index contributed by atoms with van der Waals surface area (Å²) < 4.78 is 33.8. The van der Waals surface area contributed by atoms with Gasteiger partial charge in [-0.3, -0.25) is 0 Å². The molecule has 0 atom stereocenters. The molecule has 0 saturated heterocycles. The molecule has 0 saturated carbocycles. The summed E-state index contributed by atoms with van der Waals surface area (Å²) in [5.74, 6) is 1.90. The molecule has 0 aliphatic rings. The summed E-state index contributed by atoms with van der Waals surface area (Å²) in [6.07, 6.45) is 5.23. The quantitative estimate of drug-likeness (QED) is 0.514. The molecule has 1 aromatic carbocycles. The third kappa shape index (κ3) is 6.08. The summed E-state index contributed by atoms with van der Waals surface area (Å²) in [5, 5.41) is 3.08. The van der Waals surface area contributed by atoms with E-state index in [1.54, 1.807) is 18.2 Å². The van der Waals surface area contributed by atoms with Crippen molar-refractivity contribution in [3.05, 3.63) is 67.3 Å². The first-order valence-electron chi connectivity index (χ1n) is 8.47. The highest BCUT2D eigenvalue weighted by Crippen LogP contribution is 2.09. The highest BCUT2D eigenvalue weighted by molar-refractivity contribution is 7.89. The van der Waals surface area contributed by atoms with Crippen LogP contribution in [0.5, 0.6) is 5.75 Å². The first-order chi connectivity index (χ1) is 13.1. The van der Waals surface area contributed by atoms with Crippen molar-refractivity contribution in [2.24, 2.45) is 0 Å². The molecular formula is C18H21N5O3S. The van der Waals surface area contributed by atoms with E-state index in [1.165, 1.54) is 6.33 Å². The summed E-state index contributed by atoms with van der Waals surface area (Å²) >= 11 is 0. The van der Waals surface area contributed by atoms with Crippen molar-refractivity contribution in [3.8, 4) is 11.6 Å². The van der Waals surface area contributed by atoms with Gasteiger partial charge in [0, 0.05) is 31.5 Å². The van der Waals surface area contributed by atoms with Gasteiger partial charge < -0.3 is 14.6 Å². The van der Waals surface area contributed by atoms with Gasteiger partial charge in [0.05, 0.1) is 5.75 Å². The molecule has 8 nitrogen and oxygen atoms in total. The van der Waals surface area contributed by atoms with Gasteiger partial charge in [-0.2, -0.15) is 0 Å². The lowest BCUT2D eigenvalue weighted by molar-refractivity contribution is 0.340. The van der Waals surface area contributed by atoms with E-state index in [0.29, 0.717) is 18.1 Å². The smallest absolute Gasteiger partial charge is 0.215 e. The average molecular weight is 387 g/mol. The Hall–Kier alpha value is -2.91. The first-order valence-corrected chi connectivity index (χ1v) is 10.1. The Morgan fingerprint density at radius 1 is 1.00 bits per heavy atom. The Kier molecular flexibility index (Phi) is 6.39. The van der Waals surface area contributed by atoms with Gasteiger partial charge in [0.15, 0.2) is 0 Å². The molecule has 3 rings (SSSR count). The van der Waals surface area contributed by atoms with Crippen LogP contribution in [0.15, 0.2) is 67.3 Å². The summed E-state index contributed by atoms with van der Waals surface area (Å²) in [6.45, 7) is 0.746. The highest BCUT2D eigenvalue weighted by atomic mass is 32.2. The molecule has 2 heterocycles. The molecule has 0 spiro atoms. The number of nitrogens with zero attached hydrogens (tertiary/aromatic N) is 3. The lowest BCUT2D eigenvalue weighted by atomic mass is 10.3. The molecule has 0 amide bonds. The third-order valence-corrected chi connectivity index (χ3v) is 4.99. The van der Waals surface area contributed by atoms with Crippen LogP contribution in [0.25, 0.3) is 5.82 Å². The van der Waals surface area contributed by atoms with Gasteiger partial charge in [-0.15, -0.1) is 0 Å². The zero-order chi connectivity index (χ0) is 19.0. The summed E-state index contributed by atoms with van der Waals surface area (Å²) in [6, 6.07) is 14.7. The number of para-hydroxylation sites is 1. The topological polar surface area (TPSA) is 98.1 Å². The Balaban J connectivity index is 1.39. The predicted molar refractivity (Wildman–Crippen MR) is 104 cm³/mol. The summed E-state index contributed by atoms with van der Waals surface area (Å²) in [5.41, 5.74) is 0. The first kappa shape index (κ1) is 18.9. The Labute approximate surface area is 158 Å². The second-order valence-corrected chi connectivity index (χ2v) is 7.58. The average Bonchev–Trinajstić information content (AvgIpc) is 3.21. The van der Waals surface area contributed by atoms with Gasteiger partial charge in [0.1, 0.15) is 30.3 Å². The van der Waals surface area contributed by atoms with Crippen molar-refractivity contribution in [2.45, 2.75) is 0 Å². The SMILES string of the molecule is O=S(=O)(CCOc1ccccc1)NCCNc1cc(-n2cccc2)ncn1. The fraction of sp³-hybridized carbons (Fsp3) is 0.222. The maximum Gasteiger partial charge on any atom is 0.215 e. The van der Waals surface area contributed by atoms with Crippen molar-refractivity contribution >= 4 is 15.8 Å². The van der Waals surface area contributed by atoms with Gasteiger partial charge in [0.25, 0.3) is 0 Å². The van der Waals surface area contributed by atoms with Crippen LogP contribution in [0.4, 0.5) is 5.82 Å². The van der Waals surface area contributed by atoms with E-state index in [2.05, 4.69) is 20.0 Å². The fourth-order valence-corrected chi connectivity index (χ4v) is 3.19. The molecule has 2 N–H and O–H groups in total. The van der Waals surface area contributed by atoms with Crippen molar-refractivity contribution < 1.29 is 13.2 Å². The zero-order valence-electron chi connectivity index (χ0n) is 14.7. The van der Waals surface area contributed by atoms with Crippen molar-refractivity contribution in [2.75, 3.05) is 30.8 Å². The molecule has 9 heteroatoms. The molecule has 2 aromatic heterocycles. The van der Waals surface area contributed by atoms with Crippen LogP contribution in [0.1, 0.15) is 0 Å². The van der Waals surface area contributed by atoms with Crippen LogP contribution in [-0.4, -0.2) is 48.4 Å². The molecular weight excluding hydrogens is 366 g/mol. The van der Waals surface area contributed by atoms with Gasteiger partial charge in [0.2, 0.25) is 10.0 Å². The number of rotatable bonds is 10. The number of hydrogen-bond acceptors (Lipinski definition) is 6. The molecule has 0 bridgehead atoms. The van der Waals surface area contributed by atoms with Crippen LogP contribution >= 0.6 is 0 Å². The Morgan fingerprint density at radius 3 is 2.56 bits per heavy atom. The van der Waals surface area contributed by atoms with Crippen LogP contribution in [-0.2, 0) is 10.0 Å². The number of ether oxygens (including phenoxy) is 1. The molecule has 0 radical (unpaired) electrons. The lowest BCUT2D eigenvalue weighted by Crippen LogP contribution is -2.32. The van der Waals surface area contributed by atoms with E-state index in [1.807, 2.05) is 47.3 Å². The van der Waals surface area contributed by atoms with Gasteiger partial charge in [-0.25, -0.2) is 23.1 Å². The van der Waals surface area contributed by atoms with Crippen LogP contribution in [0.2, 0.25) is 0 Å². The maximum absolute atomic E-state index is 12.0. The van der Waals surface area contributed by atoms with E-state index in [9.17, 15) is 8.42 Å². The minimum atomic E-state index is -3.40. The number of nitrogens with one attached hydrogen (secondary N) is 2. The standard InChI is InChI=1S/C18H21N5O3S/c24-27(25,13-12-26-16-6-2-1-3-7-16)22-9-8-19-17-14-18(21-15-20-17)23-10-4-5-11-23/h1-7,10-11,14-15,22H,8-9,12-13H2,(H,19,20,21). The monoisotopic (exact) mass is 387 g/mol. The van der Waals surface area contributed by atoms with Gasteiger partial charge >= 0.3 is 0 Å². The summed E-state index contributed by atoms with van der Waals surface area (Å²) in [7, 11) is -3.40. The van der Waals surface area contributed by atoms with Crippen molar-refractivity contribution in [3.63, 3.8) is 0 Å². The molecule has 0 fully saturated rings. The van der Waals surface area contributed by atoms with E-state index >= 15 is 0 Å². The molecule has 142 valence electrons. The van der Waals surface area contributed by atoms with E-state index < -0.39 is 10.0 Å². The minimum Gasteiger partial charge on any atom is -0.492 e. The van der Waals surface area contributed by atoms with E-state index in [4.69, 9.17) is 4.74 Å². The second kappa shape index (κ2) is 9.15. The van der Waals surface area contributed by atoms with Crippen LogP contribution < -0.4 is 14.8 Å². The fourth-order valence-electron chi connectivity index (χ4n) is 2.33. The zero-order valence-corrected chi connectivity index (χ0v) is 15.5. The van der Waals surface area contributed by atoms with Crippen molar-refractivity contribution in [1.82, 2.24) is 19.3 Å². The normalized spacial score (nSPS) is 11.3. The molecule has 0 aliphatic carbocycles. The maximum atomic E-state index is 12.0. The Bertz CT molecular complexity index is 931. The number of benzene rings is 1. The number of hydrogen-bond donors (Lipinski definition) is 2. The van der Waals surface area contributed by atoms with Gasteiger partial charge in [-0.05, 0) is 24.3 Å². The molecule has 0 aliphatic heterocycles. The largest absolute Gasteiger partial charge is 0.492 e. The van der Waals surface area contributed by atoms with Crippen molar-refractivity contribution in [1.29, 1.82) is 0 Å². The van der Waals surface area contributed by atoms with Gasteiger partial charge in [-0.1, -0.05) is 18.2 Å². The number of aromatic nitrogens is 3. The molecule has 27 heavy (non-hydrogen) atoms. The Morgan fingerprint density at radius 2 is 1.78 bits per heavy atom. The highest BCUT2D eigenvalue weighted by Gasteiger charge is 2.10. The summed E-state index contributed by atoms with van der Waals surface area (Å²) in [4.78, 5) is 8.33. The number of sulfonamides is 1. The number of anilines is 1. The van der Waals surface area contributed by atoms with Crippen LogP contribution in [0.3, 0.4) is 0 Å². The minimum absolute atomic E-state index is 0.0961. The van der Waals surface area contributed by atoms with Crippen LogP contribution in [0, 0.1) is 0 Å². The van der Waals surface area contributed by atoms with E-state index in [0.717, 1.165) is 5.82 Å². The third-order valence-electron chi connectivity index (χ3n) is 3.64.